The number of aryl methyl sites for hydroxylation is 1. The second kappa shape index (κ2) is 6.40. The highest BCUT2D eigenvalue weighted by Gasteiger charge is 2.12. The van der Waals surface area contributed by atoms with Gasteiger partial charge in [-0.1, -0.05) is 20.8 Å². The van der Waals surface area contributed by atoms with Gasteiger partial charge in [0.1, 0.15) is 0 Å². The maximum absolute atomic E-state index is 6.06. The number of nitrogens with zero attached hydrogens (tertiary/aromatic N) is 2. The highest BCUT2D eigenvalue weighted by Crippen LogP contribution is 2.19. The molecule has 0 spiro atoms. The van der Waals surface area contributed by atoms with Gasteiger partial charge in [-0.2, -0.15) is 5.10 Å². The van der Waals surface area contributed by atoms with Crippen LogP contribution in [0, 0.1) is 5.92 Å². The molecule has 4 heteroatoms. The van der Waals surface area contributed by atoms with Crippen molar-refractivity contribution in [3.63, 3.8) is 0 Å². The van der Waals surface area contributed by atoms with Crippen molar-refractivity contribution in [1.29, 1.82) is 0 Å². The molecular weight excluding hydrogens is 266 g/mol. The predicted molar refractivity (Wildman–Crippen MR) is 71.4 cm³/mol. The molecule has 2 N–H and O–H groups in total. The van der Waals surface area contributed by atoms with E-state index in [2.05, 4.69) is 46.5 Å². The molecule has 0 aliphatic rings. The Labute approximate surface area is 107 Å². The molecule has 0 aliphatic carbocycles. The lowest BCUT2D eigenvalue weighted by Crippen LogP contribution is -2.27. The van der Waals surface area contributed by atoms with Crippen molar-refractivity contribution in [1.82, 2.24) is 9.78 Å². The molecule has 92 valence electrons. The minimum absolute atomic E-state index is 0.275. The van der Waals surface area contributed by atoms with E-state index < -0.39 is 0 Å². The van der Waals surface area contributed by atoms with E-state index in [1.54, 1.807) is 0 Å². The number of hydrogen-bond donors (Lipinski definition) is 1. The highest BCUT2D eigenvalue weighted by atomic mass is 79.9. The molecule has 3 nitrogen and oxygen atoms in total. The minimum Gasteiger partial charge on any atom is -0.327 e. The largest absolute Gasteiger partial charge is 0.327 e. The topological polar surface area (TPSA) is 43.8 Å². The Morgan fingerprint density at radius 2 is 2.19 bits per heavy atom. The minimum atomic E-state index is 0.275. The lowest BCUT2D eigenvalue weighted by molar-refractivity contribution is 0.454. The molecule has 0 aliphatic heterocycles. The van der Waals surface area contributed by atoms with E-state index in [0.717, 1.165) is 30.3 Å². The van der Waals surface area contributed by atoms with E-state index >= 15 is 0 Å². The number of nitrogens with two attached hydrogens (primary N) is 1. The zero-order valence-electron chi connectivity index (χ0n) is 10.4. The zero-order chi connectivity index (χ0) is 12.1. The van der Waals surface area contributed by atoms with Gasteiger partial charge in [0.05, 0.1) is 16.4 Å². The highest BCUT2D eigenvalue weighted by molar-refractivity contribution is 9.10. The van der Waals surface area contributed by atoms with E-state index in [9.17, 15) is 0 Å². The number of halogens is 1. The summed E-state index contributed by atoms with van der Waals surface area (Å²) in [5.74, 6) is 0.543. The van der Waals surface area contributed by atoms with Gasteiger partial charge < -0.3 is 5.73 Å². The van der Waals surface area contributed by atoms with Crippen LogP contribution in [0.25, 0.3) is 0 Å². The van der Waals surface area contributed by atoms with Gasteiger partial charge in [0, 0.05) is 12.6 Å². The van der Waals surface area contributed by atoms with E-state index in [0.29, 0.717) is 5.92 Å². The molecule has 0 amide bonds. The summed E-state index contributed by atoms with van der Waals surface area (Å²) >= 11 is 3.55. The predicted octanol–water partition coefficient (Wildman–Crippen LogP) is 2.97. The Morgan fingerprint density at radius 1 is 1.50 bits per heavy atom. The maximum Gasteiger partial charge on any atom is 0.0635 e. The maximum atomic E-state index is 6.06. The van der Waals surface area contributed by atoms with E-state index in [1.165, 1.54) is 5.69 Å². The van der Waals surface area contributed by atoms with Crippen molar-refractivity contribution in [2.24, 2.45) is 11.7 Å². The Hall–Kier alpha value is -0.350. The molecular formula is C12H22BrN3. The van der Waals surface area contributed by atoms with Gasteiger partial charge in [-0.05, 0) is 41.1 Å². The molecule has 0 bridgehead atoms. The molecule has 1 unspecified atom stereocenters. The average Bonchev–Trinajstić information content (AvgIpc) is 2.57. The van der Waals surface area contributed by atoms with Crippen molar-refractivity contribution >= 4 is 15.9 Å². The van der Waals surface area contributed by atoms with Crippen molar-refractivity contribution < 1.29 is 0 Å². The summed E-state index contributed by atoms with van der Waals surface area (Å²) in [6, 6.07) is 0.275. The molecule has 0 saturated heterocycles. The fourth-order valence-electron chi connectivity index (χ4n) is 1.68. The molecule has 0 radical (unpaired) electrons. The molecule has 1 aromatic heterocycles. The van der Waals surface area contributed by atoms with Gasteiger partial charge in [0.15, 0.2) is 0 Å². The first-order chi connectivity index (χ1) is 7.56. The van der Waals surface area contributed by atoms with Crippen LogP contribution < -0.4 is 5.73 Å². The van der Waals surface area contributed by atoms with Crippen molar-refractivity contribution in [3.05, 3.63) is 16.4 Å². The molecule has 1 rings (SSSR count). The van der Waals surface area contributed by atoms with Crippen LogP contribution in [0.2, 0.25) is 0 Å². The van der Waals surface area contributed by atoms with Crippen LogP contribution in [0.1, 0.15) is 39.3 Å². The summed E-state index contributed by atoms with van der Waals surface area (Å²) in [7, 11) is 0. The van der Waals surface area contributed by atoms with Crippen LogP contribution in [-0.4, -0.2) is 15.8 Å². The molecule has 0 saturated carbocycles. The van der Waals surface area contributed by atoms with Crippen molar-refractivity contribution in [2.45, 2.75) is 52.6 Å². The van der Waals surface area contributed by atoms with Crippen molar-refractivity contribution in [2.75, 3.05) is 0 Å². The van der Waals surface area contributed by atoms with Crippen LogP contribution >= 0.6 is 15.9 Å². The third-order valence-electron chi connectivity index (χ3n) is 2.90. The Morgan fingerprint density at radius 3 is 2.75 bits per heavy atom. The van der Waals surface area contributed by atoms with Gasteiger partial charge in [-0.15, -0.1) is 0 Å². The lowest BCUT2D eigenvalue weighted by atomic mass is 9.99. The normalized spacial score (nSPS) is 13.4. The summed E-state index contributed by atoms with van der Waals surface area (Å²) in [6.07, 6.45) is 5.01. The average molecular weight is 288 g/mol. The monoisotopic (exact) mass is 287 g/mol. The first kappa shape index (κ1) is 13.7. The third-order valence-corrected chi connectivity index (χ3v) is 3.57. The lowest BCUT2D eigenvalue weighted by Gasteiger charge is -2.15. The molecule has 1 atom stereocenters. The van der Waals surface area contributed by atoms with Gasteiger partial charge in [0.25, 0.3) is 0 Å². The number of aromatic nitrogens is 2. The second-order valence-corrected chi connectivity index (χ2v) is 5.46. The van der Waals surface area contributed by atoms with Crippen LogP contribution in [0.3, 0.4) is 0 Å². The number of hydrogen-bond acceptors (Lipinski definition) is 2. The van der Waals surface area contributed by atoms with Gasteiger partial charge in [-0.25, -0.2) is 0 Å². The SMILES string of the molecule is CCCn1ncc(Br)c1CCC(N)C(C)C. The van der Waals surface area contributed by atoms with E-state index in [4.69, 9.17) is 5.73 Å². The molecule has 0 aromatic carbocycles. The molecule has 1 aromatic rings. The summed E-state index contributed by atoms with van der Waals surface area (Å²) in [4.78, 5) is 0. The van der Waals surface area contributed by atoms with Crippen molar-refractivity contribution in [3.8, 4) is 0 Å². The standard InChI is InChI=1S/C12H22BrN3/c1-4-7-16-12(10(13)8-15-16)6-5-11(14)9(2)3/h8-9,11H,4-7,14H2,1-3H3. The Balaban J connectivity index is 2.61. The quantitative estimate of drug-likeness (QED) is 0.874. The van der Waals surface area contributed by atoms with Crippen LogP contribution in [-0.2, 0) is 13.0 Å². The fourth-order valence-corrected chi connectivity index (χ4v) is 2.17. The van der Waals surface area contributed by atoms with Crippen LogP contribution in [0.5, 0.6) is 0 Å². The molecule has 0 fully saturated rings. The Bertz CT molecular complexity index is 320. The number of rotatable bonds is 6. The van der Waals surface area contributed by atoms with Crippen LogP contribution in [0.4, 0.5) is 0 Å². The summed E-state index contributed by atoms with van der Waals surface area (Å²) in [5, 5.41) is 4.36. The molecule has 1 heterocycles. The van der Waals surface area contributed by atoms with Gasteiger partial charge in [0.2, 0.25) is 0 Å². The second-order valence-electron chi connectivity index (χ2n) is 4.61. The summed E-state index contributed by atoms with van der Waals surface area (Å²) in [6.45, 7) is 7.49. The zero-order valence-corrected chi connectivity index (χ0v) is 12.0. The van der Waals surface area contributed by atoms with Gasteiger partial charge >= 0.3 is 0 Å². The first-order valence-electron chi connectivity index (χ1n) is 6.02. The van der Waals surface area contributed by atoms with Gasteiger partial charge in [-0.3, -0.25) is 4.68 Å². The fraction of sp³-hybridized carbons (Fsp3) is 0.750. The first-order valence-corrected chi connectivity index (χ1v) is 6.81. The molecule has 16 heavy (non-hydrogen) atoms. The van der Waals surface area contributed by atoms with E-state index in [1.807, 2.05) is 6.20 Å². The van der Waals surface area contributed by atoms with E-state index in [-0.39, 0.29) is 6.04 Å². The summed E-state index contributed by atoms with van der Waals surface area (Å²) < 4.78 is 3.19. The summed E-state index contributed by atoms with van der Waals surface area (Å²) in [5.41, 5.74) is 7.34. The third kappa shape index (κ3) is 3.59. The smallest absolute Gasteiger partial charge is 0.0635 e. The van der Waals surface area contributed by atoms with Crippen LogP contribution in [0.15, 0.2) is 10.7 Å². The Kier molecular flexibility index (Phi) is 5.49.